The number of carbonyl (C=O) groups excluding carboxylic acids is 1. The van der Waals surface area contributed by atoms with E-state index in [9.17, 15) is 13.6 Å². The van der Waals surface area contributed by atoms with Gasteiger partial charge in [0.15, 0.2) is 0 Å². The zero-order valence-electron chi connectivity index (χ0n) is 8.34. The second kappa shape index (κ2) is 4.68. The summed E-state index contributed by atoms with van der Waals surface area (Å²) in [6.45, 7) is 3.74. The van der Waals surface area contributed by atoms with Crippen molar-refractivity contribution in [1.29, 1.82) is 0 Å². The first-order valence-corrected chi connectivity index (χ1v) is 4.37. The minimum atomic E-state index is -0.725. The Morgan fingerprint density at radius 1 is 1.53 bits per heavy atom. The van der Waals surface area contributed by atoms with Gasteiger partial charge >= 0.3 is 0 Å². The van der Waals surface area contributed by atoms with E-state index in [0.717, 1.165) is 18.2 Å². The molecule has 0 radical (unpaired) electrons. The molecule has 1 amide bonds. The molecular weight excluding hydrogens is 200 g/mol. The quantitative estimate of drug-likeness (QED) is 0.702. The van der Waals surface area contributed by atoms with Gasteiger partial charge in [0, 0.05) is 13.6 Å². The summed E-state index contributed by atoms with van der Waals surface area (Å²) in [5.41, 5.74) is -0.264. The molecule has 0 saturated carbocycles. The molecule has 0 aromatic heterocycles. The summed E-state index contributed by atoms with van der Waals surface area (Å²) < 4.78 is 26.0. The first-order chi connectivity index (χ1) is 7.06. The zero-order valence-corrected chi connectivity index (χ0v) is 8.34. The van der Waals surface area contributed by atoms with Crippen molar-refractivity contribution in [3.63, 3.8) is 0 Å². The summed E-state index contributed by atoms with van der Waals surface area (Å²) >= 11 is 0. The minimum absolute atomic E-state index is 0.264. The molecule has 0 aliphatic carbocycles. The van der Waals surface area contributed by atoms with Gasteiger partial charge in [-0.1, -0.05) is 6.08 Å². The molecule has 0 bridgehead atoms. The predicted octanol–water partition coefficient (Wildman–Crippen LogP) is 2.22. The molecule has 0 spiro atoms. The molecule has 0 aliphatic rings. The fraction of sp³-hybridized carbons (Fsp3) is 0.182. The number of amides is 1. The van der Waals surface area contributed by atoms with Gasteiger partial charge in [0.1, 0.15) is 11.6 Å². The third-order valence-electron chi connectivity index (χ3n) is 1.91. The van der Waals surface area contributed by atoms with E-state index in [4.69, 9.17) is 0 Å². The maximum absolute atomic E-state index is 13.2. The normalized spacial score (nSPS) is 9.80. The molecule has 1 rings (SSSR count). The molecule has 0 heterocycles. The van der Waals surface area contributed by atoms with Gasteiger partial charge in [-0.15, -0.1) is 6.58 Å². The molecule has 0 atom stereocenters. The Kier molecular flexibility index (Phi) is 3.55. The highest BCUT2D eigenvalue weighted by atomic mass is 19.1. The van der Waals surface area contributed by atoms with Gasteiger partial charge in [0.25, 0.3) is 5.91 Å². The standard InChI is InChI=1S/C11H11F2NO/c1-3-6-14(2)11(15)9-7-8(12)4-5-10(9)13/h3-5,7H,1,6H2,2H3. The lowest BCUT2D eigenvalue weighted by Gasteiger charge is -2.15. The number of benzene rings is 1. The van der Waals surface area contributed by atoms with Crippen molar-refractivity contribution in [2.45, 2.75) is 0 Å². The molecule has 2 nitrogen and oxygen atoms in total. The maximum atomic E-state index is 13.2. The molecule has 0 fully saturated rings. The van der Waals surface area contributed by atoms with Crippen molar-refractivity contribution >= 4 is 5.91 Å². The van der Waals surface area contributed by atoms with Crippen molar-refractivity contribution in [3.8, 4) is 0 Å². The summed E-state index contributed by atoms with van der Waals surface area (Å²) in [6, 6.07) is 2.79. The molecule has 1 aromatic carbocycles. The van der Waals surface area contributed by atoms with Crippen LogP contribution in [0.1, 0.15) is 10.4 Å². The van der Waals surface area contributed by atoms with E-state index in [1.54, 1.807) is 0 Å². The summed E-state index contributed by atoms with van der Waals surface area (Å²) in [6.07, 6.45) is 1.51. The van der Waals surface area contributed by atoms with Gasteiger partial charge in [-0.2, -0.15) is 0 Å². The second-order valence-electron chi connectivity index (χ2n) is 3.10. The molecule has 0 aliphatic heterocycles. The Morgan fingerprint density at radius 3 is 2.80 bits per heavy atom. The lowest BCUT2D eigenvalue weighted by molar-refractivity contribution is 0.0805. The molecule has 15 heavy (non-hydrogen) atoms. The third-order valence-corrected chi connectivity index (χ3v) is 1.91. The topological polar surface area (TPSA) is 20.3 Å². The number of hydrogen-bond donors (Lipinski definition) is 0. The van der Waals surface area contributed by atoms with Crippen LogP contribution in [0.15, 0.2) is 30.9 Å². The zero-order chi connectivity index (χ0) is 11.4. The Labute approximate surface area is 86.8 Å². The molecule has 1 aromatic rings. The highest BCUT2D eigenvalue weighted by Crippen LogP contribution is 2.11. The predicted molar refractivity (Wildman–Crippen MR) is 53.5 cm³/mol. The van der Waals surface area contributed by atoms with E-state index >= 15 is 0 Å². The van der Waals surface area contributed by atoms with Gasteiger partial charge in [0.05, 0.1) is 5.56 Å². The molecular formula is C11H11F2NO. The first-order valence-electron chi connectivity index (χ1n) is 4.37. The van der Waals surface area contributed by atoms with Crippen LogP contribution in [0, 0.1) is 11.6 Å². The molecule has 0 N–H and O–H groups in total. The Hall–Kier alpha value is -1.71. The van der Waals surface area contributed by atoms with E-state index in [1.807, 2.05) is 0 Å². The minimum Gasteiger partial charge on any atom is -0.338 e. The summed E-state index contributed by atoms with van der Waals surface area (Å²) in [4.78, 5) is 12.8. The average molecular weight is 211 g/mol. The second-order valence-corrected chi connectivity index (χ2v) is 3.10. The largest absolute Gasteiger partial charge is 0.338 e. The van der Waals surface area contributed by atoms with Crippen molar-refractivity contribution in [1.82, 2.24) is 4.90 Å². The number of rotatable bonds is 3. The van der Waals surface area contributed by atoms with Gasteiger partial charge in [0.2, 0.25) is 0 Å². The van der Waals surface area contributed by atoms with Crippen LogP contribution >= 0.6 is 0 Å². The number of carbonyl (C=O) groups is 1. The average Bonchev–Trinajstić information content (AvgIpc) is 2.21. The van der Waals surface area contributed by atoms with Crippen molar-refractivity contribution in [3.05, 3.63) is 48.1 Å². The monoisotopic (exact) mass is 211 g/mol. The summed E-state index contributed by atoms with van der Waals surface area (Å²) in [7, 11) is 1.49. The van der Waals surface area contributed by atoms with Gasteiger partial charge in [-0.3, -0.25) is 4.79 Å². The van der Waals surface area contributed by atoms with Crippen LogP contribution < -0.4 is 0 Å². The van der Waals surface area contributed by atoms with Gasteiger partial charge < -0.3 is 4.90 Å². The third kappa shape index (κ3) is 2.62. The lowest BCUT2D eigenvalue weighted by atomic mass is 10.2. The van der Waals surface area contributed by atoms with Crippen LogP contribution in [0.4, 0.5) is 8.78 Å². The number of hydrogen-bond acceptors (Lipinski definition) is 1. The van der Waals surface area contributed by atoms with E-state index in [2.05, 4.69) is 6.58 Å². The molecule has 4 heteroatoms. The SMILES string of the molecule is C=CCN(C)C(=O)c1cc(F)ccc1F. The summed E-state index contributed by atoms with van der Waals surface area (Å²) in [5.74, 6) is -1.92. The number of likely N-dealkylation sites (N-methyl/N-ethyl adjacent to an activating group) is 1. The highest BCUT2D eigenvalue weighted by molar-refractivity contribution is 5.94. The van der Waals surface area contributed by atoms with E-state index < -0.39 is 17.5 Å². The van der Waals surface area contributed by atoms with Crippen molar-refractivity contribution in [2.24, 2.45) is 0 Å². The Morgan fingerprint density at radius 2 is 2.20 bits per heavy atom. The Balaban J connectivity index is 2.99. The maximum Gasteiger partial charge on any atom is 0.256 e. The molecule has 0 unspecified atom stereocenters. The fourth-order valence-electron chi connectivity index (χ4n) is 1.14. The van der Waals surface area contributed by atoms with E-state index in [1.165, 1.54) is 18.0 Å². The Bertz CT molecular complexity index is 390. The first kappa shape index (κ1) is 11.4. The highest BCUT2D eigenvalue weighted by Gasteiger charge is 2.15. The van der Waals surface area contributed by atoms with E-state index in [0.29, 0.717) is 0 Å². The van der Waals surface area contributed by atoms with Crippen LogP contribution in [0.2, 0.25) is 0 Å². The number of nitrogens with zero attached hydrogens (tertiary/aromatic N) is 1. The van der Waals surface area contributed by atoms with Crippen LogP contribution in [0.3, 0.4) is 0 Å². The van der Waals surface area contributed by atoms with Crippen LogP contribution in [-0.2, 0) is 0 Å². The smallest absolute Gasteiger partial charge is 0.256 e. The van der Waals surface area contributed by atoms with E-state index in [-0.39, 0.29) is 12.1 Å². The molecule has 80 valence electrons. The summed E-state index contributed by atoms with van der Waals surface area (Å²) in [5, 5.41) is 0. The van der Waals surface area contributed by atoms with Crippen LogP contribution in [-0.4, -0.2) is 24.4 Å². The van der Waals surface area contributed by atoms with Gasteiger partial charge in [-0.25, -0.2) is 8.78 Å². The van der Waals surface area contributed by atoms with Crippen LogP contribution in [0.25, 0.3) is 0 Å². The van der Waals surface area contributed by atoms with Crippen molar-refractivity contribution in [2.75, 3.05) is 13.6 Å². The molecule has 0 saturated heterocycles. The number of halogens is 2. The van der Waals surface area contributed by atoms with Gasteiger partial charge in [-0.05, 0) is 18.2 Å². The van der Waals surface area contributed by atoms with Crippen LogP contribution in [0.5, 0.6) is 0 Å². The lowest BCUT2D eigenvalue weighted by Crippen LogP contribution is -2.27. The van der Waals surface area contributed by atoms with Crippen molar-refractivity contribution < 1.29 is 13.6 Å². The fourth-order valence-corrected chi connectivity index (χ4v) is 1.14.